The summed E-state index contributed by atoms with van der Waals surface area (Å²) >= 11 is 8.37. The Bertz CT molecular complexity index is 1600. The first-order chi connectivity index (χ1) is 20.4. The number of nitrogens with zero attached hydrogens (tertiary/aromatic N) is 1. The zero-order valence-electron chi connectivity index (χ0n) is 24.5. The predicted molar refractivity (Wildman–Crippen MR) is 177 cm³/mol. The van der Waals surface area contributed by atoms with Crippen molar-refractivity contribution in [3.8, 4) is 0 Å². The second kappa shape index (κ2) is 7.97. The van der Waals surface area contributed by atoms with Gasteiger partial charge in [0.25, 0.3) is 0 Å². The van der Waals surface area contributed by atoms with E-state index >= 15 is 0 Å². The third kappa shape index (κ3) is 2.89. The zero-order valence-corrected chi connectivity index (χ0v) is 27.7. The molecule has 6 saturated carbocycles. The molecule has 0 aliphatic heterocycles. The van der Waals surface area contributed by atoms with Gasteiger partial charge in [-0.1, -0.05) is 17.7 Å². The SMILES string of the molecule is Cc1ccc(N(c2cc3c(cc2Br)C2CC4CC5CC3CC45C2)c2cc3c(cc2Br)C2CC4CC5CC3CC45C2)cc1. The first-order valence-electron chi connectivity index (χ1n) is 16.9. The van der Waals surface area contributed by atoms with Gasteiger partial charge in [-0.2, -0.15) is 0 Å². The van der Waals surface area contributed by atoms with Gasteiger partial charge in [-0.25, -0.2) is 0 Å². The van der Waals surface area contributed by atoms with E-state index < -0.39 is 0 Å². The Morgan fingerprint density at radius 2 is 0.929 bits per heavy atom. The van der Waals surface area contributed by atoms with Gasteiger partial charge in [-0.3, -0.25) is 0 Å². The lowest BCUT2D eigenvalue weighted by Gasteiger charge is -2.48. The van der Waals surface area contributed by atoms with Crippen LogP contribution in [-0.4, -0.2) is 0 Å². The molecule has 3 aromatic carbocycles. The highest BCUT2D eigenvalue weighted by Gasteiger charge is 2.66. The van der Waals surface area contributed by atoms with Crippen LogP contribution in [0.3, 0.4) is 0 Å². The zero-order chi connectivity index (χ0) is 27.7. The molecule has 0 radical (unpaired) electrons. The molecule has 2 spiro atoms. The maximum absolute atomic E-state index is 4.18. The number of rotatable bonds is 3. The van der Waals surface area contributed by atoms with E-state index in [1.54, 1.807) is 22.3 Å². The number of anilines is 3. The smallest absolute Gasteiger partial charge is 0.0607 e. The van der Waals surface area contributed by atoms with Crippen LogP contribution in [0.2, 0.25) is 0 Å². The summed E-state index contributed by atoms with van der Waals surface area (Å²) in [5, 5.41) is 0. The highest BCUT2D eigenvalue weighted by atomic mass is 79.9. The van der Waals surface area contributed by atoms with E-state index in [0.717, 1.165) is 47.3 Å². The van der Waals surface area contributed by atoms with Gasteiger partial charge in [-0.05, 0) is 220 Å². The van der Waals surface area contributed by atoms with Gasteiger partial charge >= 0.3 is 0 Å². The van der Waals surface area contributed by atoms with Crippen molar-refractivity contribution in [3.05, 3.63) is 85.3 Å². The van der Waals surface area contributed by atoms with Gasteiger partial charge in [0.2, 0.25) is 0 Å². The summed E-state index contributed by atoms with van der Waals surface area (Å²) in [7, 11) is 0. The van der Waals surface area contributed by atoms with Crippen LogP contribution >= 0.6 is 31.9 Å². The third-order valence-electron chi connectivity index (χ3n) is 15.0. The number of halogens is 2. The van der Waals surface area contributed by atoms with Gasteiger partial charge in [-0.15, -0.1) is 0 Å². The van der Waals surface area contributed by atoms with Crippen molar-refractivity contribution in [2.45, 2.75) is 94.8 Å². The first-order valence-corrected chi connectivity index (χ1v) is 18.5. The van der Waals surface area contributed by atoms with E-state index in [4.69, 9.17) is 0 Å². The van der Waals surface area contributed by atoms with E-state index in [0.29, 0.717) is 10.8 Å². The first kappa shape index (κ1) is 24.7. The third-order valence-corrected chi connectivity index (χ3v) is 16.3. The Morgan fingerprint density at radius 1 is 0.548 bits per heavy atom. The number of hydrogen-bond acceptors (Lipinski definition) is 1. The highest BCUT2D eigenvalue weighted by Crippen LogP contribution is 2.77. The fourth-order valence-corrected chi connectivity index (χ4v) is 14.4. The minimum absolute atomic E-state index is 0.691. The van der Waals surface area contributed by atoms with E-state index in [2.05, 4.69) is 92.2 Å². The molecule has 3 heteroatoms. The van der Waals surface area contributed by atoms with Crippen LogP contribution in [0.4, 0.5) is 17.1 Å². The van der Waals surface area contributed by atoms with E-state index in [1.165, 1.54) is 95.8 Å². The summed E-state index contributed by atoms with van der Waals surface area (Å²) < 4.78 is 2.52. The minimum atomic E-state index is 0.691. The van der Waals surface area contributed by atoms with Crippen molar-refractivity contribution < 1.29 is 0 Å². The molecule has 0 amide bonds. The molecule has 11 rings (SSSR count). The summed E-state index contributed by atoms with van der Waals surface area (Å²) in [6.45, 7) is 2.21. The average molecular weight is 682 g/mol. The van der Waals surface area contributed by atoms with Crippen molar-refractivity contribution >= 4 is 48.9 Å². The molecule has 10 atom stereocenters. The molecule has 42 heavy (non-hydrogen) atoms. The van der Waals surface area contributed by atoms with Crippen molar-refractivity contribution in [3.63, 3.8) is 0 Å². The molecule has 0 saturated heterocycles. The quantitative estimate of drug-likeness (QED) is 0.266. The summed E-state index contributed by atoms with van der Waals surface area (Å²) in [4.78, 5) is 2.59. The maximum Gasteiger partial charge on any atom is 0.0607 e. The monoisotopic (exact) mass is 679 g/mol. The molecule has 6 fully saturated rings. The Labute approximate surface area is 267 Å². The van der Waals surface area contributed by atoms with E-state index in [1.807, 2.05) is 0 Å². The van der Waals surface area contributed by atoms with Crippen LogP contribution in [0.1, 0.15) is 116 Å². The maximum atomic E-state index is 4.18. The minimum Gasteiger partial charge on any atom is -0.308 e. The lowest BCUT2D eigenvalue weighted by atomic mass is 9.56. The molecule has 6 bridgehead atoms. The molecular weight excluding hydrogens is 642 g/mol. The van der Waals surface area contributed by atoms with Crippen LogP contribution < -0.4 is 4.90 Å². The van der Waals surface area contributed by atoms with Crippen LogP contribution in [0, 0.1) is 41.4 Å². The van der Waals surface area contributed by atoms with Crippen molar-refractivity contribution in [1.29, 1.82) is 0 Å². The van der Waals surface area contributed by atoms with Gasteiger partial charge in [0.15, 0.2) is 0 Å². The molecule has 0 N–H and O–H groups in total. The largest absolute Gasteiger partial charge is 0.308 e. The van der Waals surface area contributed by atoms with Crippen LogP contribution in [-0.2, 0) is 0 Å². The van der Waals surface area contributed by atoms with E-state index in [9.17, 15) is 0 Å². The van der Waals surface area contributed by atoms with Crippen LogP contribution in [0.25, 0.3) is 0 Å². The number of aryl methyl sites for hydroxylation is 1. The van der Waals surface area contributed by atoms with Crippen molar-refractivity contribution in [2.75, 3.05) is 4.90 Å². The van der Waals surface area contributed by atoms with Crippen molar-refractivity contribution in [1.82, 2.24) is 0 Å². The summed E-state index contributed by atoms with van der Waals surface area (Å²) in [6, 6.07) is 19.7. The van der Waals surface area contributed by atoms with Gasteiger partial charge < -0.3 is 4.90 Å². The Balaban J connectivity index is 1.10. The fourth-order valence-electron chi connectivity index (χ4n) is 13.3. The number of benzene rings is 3. The summed E-state index contributed by atoms with van der Waals surface area (Å²) in [5.74, 6) is 7.07. The lowest BCUT2D eigenvalue weighted by Crippen LogP contribution is -2.41. The van der Waals surface area contributed by atoms with Gasteiger partial charge in [0, 0.05) is 14.6 Å². The van der Waals surface area contributed by atoms with Gasteiger partial charge in [0.05, 0.1) is 11.4 Å². The topological polar surface area (TPSA) is 3.24 Å². The second-order valence-electron chi connectivity index (χ2n) is 16.3. The molecule has 10 unspecified atom stereocenters. The lowest BCUT2D eigenvalue weighted by molar-refractivity contribution is 0.00321. The molecule has 1 nitrogen and oxygen atoms in total. The average Bonchev–Trinajstić information content (AvgIpc) is 3.60. The predicted octanol–water partition coefficient (Wildman–Crippen LogP) is 11.8. The normalized spacial score (nSPS) is 41.9. The highest BCUT2D eigenvalue weighted by molar-refractivity contribution is 9.11. The molecule has 0 aromatic heterocycles. The summed E-state index contributed by atoms with van der Waals surface area (Å²) in [6.07, 6.45) is 14.6. The van der Waals surface area contributed by atoms with Crippen LogP contribution in [0.15, 0.2) is 57.5 Å². The Hall–Kier alpha value is -1.58. The Kier molecular flexibility index (Phi) is 4.69. The molecule has 8 aliphatic carbocycles. The standard InChI is InChI=1S/C39H39Br2N/c1-20-2-4-29(5-3-20)42(36-14-32-23-8-27-10-25-6-21(16-38(25,27)18-23)30(32)12-34(36)40)37-15-33-24-9-28-11-26-7-22(17-39(26,28)19-24)31(33)13-35(37)41/h2-5,12-15,21-28H,6-11,16-19H2,1H3. The second-order valence-corrected chi connectivity index (χ2v) is 18.0. The Morgan fingerprint density at radius 3 is 1.33 bits per heavy atom. The molecule has 0 heterocycles. The van der Waals surface area contributed by atoms with Crippen molar-refractivity contribution in [2.24, 2.45) is 34.5 Å². The van der Waals surface area contributed by atoms with Crippen LogP contribution in [0.5, 0.6) is 0 Å². The van der Waals surface area contributed by atoms with Gasteiger partial charge in [0.1, 0.15) is 0 Å². The molecule has 214 valence electrons. The number of fused-ring (bicyclic) bond motifs is 10. The molecular formula is C39H39Br2N. The molecule has 3 aromatic rings. The van der Waals surface area contributed by atoms with E-state index in [-0.39, 0.29) is 0 Å². The number of hydrogen-bond donors (Lipinski definition) is 0. The summed E-state index contributed by atoms with van der Waals surface area (Å²) in [5.41, 5.74) is 13.3. The molecule has 8 aliphatic rings. The fraction of sp³-hybridized carbons (Fsp3) is 0.538.